The maximum Gasteiger partial charge on any atom is 0.307 e. The van der Waals surface area contributed by atoms with Gasteiger partial charge in [0, 0.05) is 29.7 Å². The van der Waals surface area contributed by atoms with Gasteiger partial charge >= 0.3 is 4.87 Å². The molecule has 3 aromatic rings. The van der Waals surface area contributed by atoms with Crippen molar-refractivity contribution in [2.24, 2.45) is 0 Å². The third-order valence-corrected chi connectivity index (χ3v) is 7.21. The normalized spacial score (nSPS) is 11.2. The van der Waals surface area contributed by atoms with Crippen molar-refractivity contribution >= 4 is 50.2 Å². The average Bonchev–Trinajstić information content (AvgIpc) is 3.07. The number of anilines is 2. The fourth-order valence-corrected chi connectivity index (χ4v) is 5.28. The number of carbonyl (C=O) groups excluding carboxylic acids is 1. The highest BCUT2D eigenvalue weighted by atomic mass is 35.5. The molecule has 2 aromatic carbocycles. The van der Waals surface area contributed by atoms with Gasteiger partial charge in [0.15, 0.2) is 0 Å². The number of methoxy groups -OCH3 is 1. The topological polar surface area (TPSA) is 106 Å². The molecule has 11 heteroatoms. The Labute approximate surface area is 194 Å². The van der Waals surface area contributed by atoms with Crippen molar-refractivity contribution < 1.29 is 17.9 Å². The molecule has 170 valence electrons. The van der Waals surface area contributed by atoms with E-state index in [0.29, 0.717) is 18.7 Å². The summed E-state index contributed by atoms with van der Waals surface area (Å²) < 4.78 is 35.1. The number of nitrogens with one attached hydrogen (secondary N) is 2. The SMILES string of the molecule is COc1ccc(NC(=O)CCCn2c(C)csc2=O)cc1S(=O)(=O)Nc1ccccc1Cl. The molecule has 0 saturated heterocycles. The van der Waals surface area contributed by atoms with E-state index in [0.717, 1.165) is 17.0 Å². The molecule has 1 aromatic heterocycles. The molecule has 0 aliphatic rings. The lowest BCUT2D eigenvalue weighted by Crippen LogP contribution is -2.18. The lowest BCUT2D eigenvalue weighted by atomic mass is 10.2. The van der Waals surface area contributed by atoms with Crippen LogP contribution in [0.5, 0.6) is 5.75 Å². The van der Waals surface area contributed by atoms with Crippen molar-refractivity contribution in [1.29, 1.82) is 0 Å². The quantitative estimate of drug-likeness (QED) is 0.464. The zero-order chi connectivity index (χ0) is 23.3. The second-order valence-corrected chi connectivity index (χ2v) is 9.78. The van der Waals surface area contributed by atoms with E-state index in [1.807, 2.05) is 6.92 Å². The van der Waals surface area contributed by atoms with Crippen LogP contribution in [0.3, 0.4) is 0 Å². The molecule has 0 aliphatic heterocycles. The molecule has 32 heavy (non-hydrogen) atoms. The highest BCUT2D eigenvalue weighted by molar-refractivity contribution is 7.92. The standard InChI is InChI=1S/C21H22ClN3O5S2/c1-14-13-31-21(27)25(14)11-5-8-20(26)23-15-9-10-18(30-2)19(12-15)32(28,29)24-17-7-4-3-6-16(17)22/h3-4,6-7,9-10,12-13,24H,5,8,11H2,1-2H3,(H,23,26). The summed E-state index contributed by atoms with van der Waals surface area (Å²) >= 11 is 7.19. The van der Waals surface area contributed by atoms with Crippen molar-refractivity contribution in [3.8, 4) is 5.75 Å². The molecule has 0 aliphatic carbocycles. The number of aromatic nitrogens is 1. The van der Waals surface area contributed by atoms with Crippen LogP contribution >= 0.6 is 22.9 Å². The summed E-state index contributed by atoms with van der Waals surface area (Å²) in [6.07, 6.45) is 0.645. The van der Waals surface area contributed by atoms with Crippen molar-refractivity contribution in [3.05, 3.63) is 68.2 Å². The van der Waals surface area contributed by atoms with Crippen molar-refractivity contribution in [2.75, 3.05) is 17.1 Å². The van der Waals surface area contributed by atoms with Crippen LogP contribution in [0.2, 0.25) is 5.02 Å². The number of thiazole rings is 1. The number of carbonyl (C=O) groups is 1. The minimum Gasteiger partial charge on any atom is -0.495 e. The van der Waals surface area contributed by atoms with Crippen LogP contribution in [0.15, 0.2) is 57.5 Å². The number of nitrogens with zero attached hydrogens (tertiary/aromatic N) is 1. The number of hydrogen-bond donors (Lipinski definition) is 2. The van der Waals surface area contributed by atoms with E-state index in [1.165, 1.54) is 19.2 Å². The predicted octanol–water partition coefficient (Wildman–Crippen LogP) is 4.10. The Kier molecular flexibility index (Phi) is 7.60. The third kappa shape index (κ3) is 5.70. The summed E-state index contributed by atoms with van der Waals surface area (Å²) in [5.41, 5.74) is 1.39. The molecule has 0 bridgehead atoms. The van der Waals surface area contributed by atoms with E-state index in [2.05, 4.69) is 10.0 Å². The molecule has 0 unspecified atom stereocenters. The number of amides is 1. The number of aryl methyl sites for hydroxylation is 1. The molecule has 0 saturated carbocycles. The first kappa shape index (κ1) is 23.8. The average molecular weight is 496 g/mol. The van der Waals surface area contributed by atoms with E-state index in [-0.39, 0.29) is 38.6 Å². The van der Waals surface area contributed by atoms with Gasteiger partial charge in [0.2, 0.25) is 5.91 Å². The van der Waals surface area contributed by atoms with Crippen LogP contribution in [-0.2, 0) is 21.4 Å². The number of hydrogen-bond acceptors (Lipinski definition) is 6. The van der Waals surface area contributed by atoms with Crippen LogP contribution in [0, 0.1) is 6.92 Å². The summed E-state index contributed by atoms with van der Waals surface area (Å²) in [7, 11) is -2.68. The Morgan fingerprint density at radius 3 is 2.62 bits per heavy atom. The van der Waals surface area contributed by atoms with E-state index < -0.39 is 10.0 Å². The molecule has 2 N–H and O–H groups in total. The summed E-state index contributed by atoms with van der Waals surface area (Å²) in [6, 6.07) is 10.8. The van der Waals surface area contributed by atoms with E-state index >= 15 is 0 Å². The fourth-order valence-electron chi connectivity index (χ4n) is 3.00. The lowest BCUT2D eigenvalue weighted by molar-refractivity contribution is -0.116. The monoisotopic (exact) mass is 495 g/mol. The van der Waals surface area contributed by atoms with Crippen molar-refractivity contribution in [1.82, 2.24) is 4.57 Å². The molecule has 8 nitrogen and oxygen atoms in total. The van der Waals surface area contributed by atoms with Crippen LogP contribution in [0.25, 0.3) is 0 Å². The highest BCUT2D eigenvalue weighted by Crippen LogP contribution is 2.30. The second kappa shape index (κ2) is 10.2. The van der Waals surface area contributed by atoms with Crippen LogP contribution in [-0.4, -0.2) is 26.0 Å². The van der Waals surface area contributed by atoms with Gasteiger partial charge in [-0.15, -0.1) is 0 Å². The molecular weight excluding hydrogens is 474 g/mol. The van der Waals surface area contributed by atoms with Gasteiger partial charge in [0.1, 0.15) is 10.6 Å². The van der Waals surface area contributed by atoms with Crippen LogP contribution in [0.1, 0.15) is 18.5 Å². The summed E-state index contributed by atoms with van der Waals surface area (Å²) in [5.74, 6) is -0.173. The molecule has 3 rings (SSSR count). The van der Waals surface area contributed by atoms with E-state index in [9.17, 15) is 18.0 Å². The zero-order valence-corrected chi connectivity index (χ0v) is 19.8. The van der Waals surface area contributed by atoms with Crippen molar-refractivity contribution in [2.45, 2.75) is 31.2 Å². The van der Waals surface area contributed by atoms with Gasteiger partial charge in [-0.05, 0) is 43.7 Å². The fraction of sp³-hybridized carbons (Fsp3) is 0.238. The minimum atomic E-state index is -4.04. The Bertz CT molecular complexity index is 1280. The summed E-state index contributed by atoms with van der Waals surface area (Å²) in [4.78, 5) is 23.9. The summed E-state index contributed by atoms with van der Waals surface area (Å²) in [5, 5.41) is 4.72. The lowest BCUT2D eigenvalue weighted by Gasteiger charge is -2.14. The largest absolute Gasteiger partial charge is 0.495 e. The van der Waals surface area contributed by atoms with Gasteiger partial charge < -0.3 is 14.6 Å². The van der Waals surface area contributed by atoms with E-state index in [1.54, 1.807) is 40.3 Å². The number of para-hydroxylation sites is 1. The Morgan fingerprint density at radius 2 is 1.97 bits per heavy atom. The summed E-state index contributed by atoms with van der Waals surface area (Å²) in [6.45, 7) is 2.28. The van der Waals surface area contributed by atoms with E-state index in [4.69, 9.17) is 16.3 Å². The van der Waals surface area contributed by atoms with Gasteiger partial charge in [-0.3, -0.25) is 14.3 Å². The molecular formula is C21H22ClN3O5S2. The van der Waals surface area contributed by atoms with Crippen molar-refractivity contribution in [3.63, 3.8) is 0 Å². The number of benzene rings is 2. The van der Waals surface area contributed by atoms with Gasteiger partial charge in [0.05, 0.1) is 17.8 Å². The number of sulfonamides is 1. The first-order chi connectivity index (χ1) is 15.2. The Balaban J connectivity index is 1.72. The predicted molar refractivity (Wildman–Crippen MR) is 126 cm³/mol. The maximum atomic E-state index is 12.9. The molecule has 0 fully saturated rings. The molecule has 0 radical (unpaired) electrons. The number of ether oxygens (including phenoxy) is 1. The molecule has 0 spiro atoms. The second-order valence-electron chi connectivity index (χ2n) is 6.90. The van der Waals surface area contributed by atoms with Gasteiger partial charge in [0.25, 0.3) is 10.0 Å². The molecule has 0 atom stereocenters. The Hall–Kier alpha value is -2.82. The first-order valence-electron chi connectivity index (χ1n) is 9.61. The van der Waals surface area contributed by atoms with Crippen LogP contribution in [0.4, 0.5) is 11.4 Å². The zero-order valence-electron chi connectivity index (χ0n) is 17.4. The number of halogens is 1. The number of rotatable bonds is 9. The minimum absolute atomic E-state index is 0.0565. The third-order valence-electron chi connectivity index (χ3n) is 4.62. The highest BCUT2D eigenvalue weighted by Gasteiger charge is 2.22. The molecule has 1 heterocycles. The smallest absolute Gasteiger partial charge is 0.307 e. The van der Waals surface area contributed by atoms with Gasteiger partial charge in [-0.1, -0.05) is 35.1 Å². The first-order valence-corrected chi connectivity index (χ1v) is 12.4. The Morgan fingerprint density at radius 1 is 1.22 bits per heavy atom. The molecule has 1 amide bonds. The van der Waals surface area contributed by atoms with Crippen LogP contribution < -0.4 is 19.6 Å². The maximum absolute atomic E-state index is 12.9. The van der Waals surface area contributed by atoms with Gasteiger partial charge in [-0.2, -0.15) is 0 Å². The van der Waals surface area contributed by atoms with Gasteiger partial charge in [-0.25, -0.2) is 8.42 Å².